The Morgan fingerprint density at radius 3 is 2.24 bits per heavy atom. The predicted molar refractivity (Wildman–Crippen MR) is 85.6 cm³/mol. The number of anilines is 1. The van der Waals surface area contributed by atoms with Crippen molar-refractivity contribution in [2.24, 2.45) is 5.92 Å². The fraction of sp³-hybridized carbons (Fsp3) is 0.600. The lowest BCUT2D eigenvalue weighted by molar-refractivity contribution is 0.277. The van der Waals surface area contributed by atoms with E-state index in [2.05, 4.69) is 0 Å². The highest BCUT2D eigenvalue weighted by Crippen LogP contribution is 2.28. The Hall–Kier alpha value is -1.27. The molecule has 1 aromatic carbocycles. The molecule has 0 fully saturated rings. The number of sulfonamides is 1. The predicted octanol–water partition coefficient (Wildman–Crippen LogP) is 2.81. The largest absolute Gasteiger partial charge is 0.506 e. The average molecular weight is 314 g/mol. The van der Waals surface area contributed by atoms with Crippen molar-refractivity contribution in [1.82, 2.24) is 4.31 Å². The molecule has 0 aliphatic rings. The highest BCUT2D eigenvalue weighted by Gasteiger charge is 2.30. The lowest BCUT2D eigenvalue weighted by Gasteiger charge is -2.31. The standard InChI is InChI=1S/C15H26N2O3S/c1-5-12(6-2)17(10-11(3)4)21(19,20)13-7-8-15(18)14(16)9-13/h7-9,11-12,18H,5-6,10,16H2,1-4H3. The van der Waals surface area contributed by atoms with Gasteiger partial charge in [0, 0.05) is 12.6 Å². The highest BCUT2D eigenvalue weighted by atomic mass is 32.2. The first-order valence-corrected chi connectivity index (χ1v) is 8.78. The van der Waals surface area contributed by atoms with Crippen molar-refractivity contribution in [2.45, 2.75) is 51.5 Å². The fourth-order valence-electron chi connectivity index (χ4n) is 2.33. The Labute approximate surface area is 127 Å². The molecule has 120 valence electrons. The molecule has 0 aliphatic heterocycles. The number of aromatic hydroxyl groups is 1. The molecule has 1 aromatic rings. The van der Waals surface area contributed by atoms with E-state index < -0.39 is 10.0 Å². The van der Waals surface area contributed by atoms with Gasteiger partial charge < -0.3 is 10.8 Å². The first kappa shape index (κ1) is 17.8. The zero-order valence-corrected chi connectivity index (χ0v) is 14.0. The van der Waals surface area contributed by atoms with Gasteiger partial charge in [-0.15, -0.1) is 0 Å². The normalized spacial score (nSPS) is 12.5. The number of phenols is 1. The van der Waals surface area contributed by atoms with E-state index in [-0.39, 0.29) is 28.3 Å². The Morgan fingerprint density at radius 1 is 1.24 bits per heavy atom. The van der Waals surface area contributed by atoms with Crippen molar-refractivity contribution in [1.29, 1.82) is 0 Å². The number of nitrogen functional groups attached to an aromatic ring is 1. The molecule has 0 radical (unpaired) electrons. The van der Waals surface area contributed by atoms with Crippen LogP contribution in [0.3, 0.4) is 0 Å². The summed E-state index contributed by atoms with van der Waals surface area (Å²) in [5.41, 5.74) is 5.70. The summed E-state index contributed by atoms with van der Waals surface area (Å²) in [5.74, 6) is 0.127. The van der Waals surface area contributed by atoms with Gasteiger partial charge in [0.1, 0.15) is 5.75 Å². The van der Waals surface area contributed by atoms with Gasteiger partial charge in [0.2, 0.25) is 10.0 Å². The van der Waals surface area contributed by atoms with Crippen LogP contribution >= 0.6 is 0 Å². The summed E-state index contributed by atoms with van der Waals surface area (Å²) >= 11 is 0. The molecule has 1 rings (SSSR count). The van der Waals surface area contributed by atoms with Crippen molar-refractivity contribution >= 4 is 15.7 Å². The Morgan fingerprint density at radius 2 is 1.81 bits per heavy atom. The number of nitrogens with two attached hydrogens (primary N) is 1. The molecular weight excluding hydrogens is 288 g/mol. The van der Waals surface area contributed by atoms with Gasteiger partial charge in [-0.05, 0) is 37.0 Å². The number of hydrogen-bond acceptors (Lipinski definition) is 4. The molecule has 6 heteroatoms. The first-order chi connectivity index (χ1) is 9.73. The lowest BCUT2D eigenvalue weighted by atomic mass is 10.1. The van der Waals surface area contributed by atoms with E-state index in [9.17, 15) is 13.5 Å². The topological polar surface area (TPSA) is 83.6 Å². The van der Waals surface area contributed by atoms with Crippen LogP contribution in [0.5, 0.6) is 5.75 Å². The molecular formula is C15H26N2O3S. The summed E-state index contributed by atoms with van der Waals surface area (Å²) in [6.45, 7) is 8.44. The molecule has 0 saturated carbocycles. The smallest absolute Gasteiger partial charge is 0.243 e. The van der Waals surface area contributed by atoms with Crippen LogP contribution in [-0.2, 0) is 10.0 Å². The zero-order valence-electron chi connectivity index (χ0n) is 13.2. The molecule has 0 aliphatic carbocycles. The molecule has 0 bridgehead atoms. The number of rotatable bonds is 7. The zero-order chi connectivity index (χ0) is 16.2. The van der Waals surface area contributed by atoms with Crippen LogP contribution in [0.1, 0.15) is 40.5 Å². The van der Waals surface area contributed by atoms with Crippen molar-refractivity contribution in [3.05, 3.63) is 18.2 Å². The van der Waals surface area contributed by atoms with E-state index in [1.165, 1.54) is 18.2 Å². The molecule has 0 unspecified atom stereocenters. The third-order valence-electron chi connectivity index (χ3n) is 3.50. The Bertz CT molecular complexity index is 566. The van der Waals surface area contributed by atoms with Crippen LogP contribution < -0.4 is 5.73 Å². The number of phenolic OH excluding ortho intramolecular Hbond substituents is 1. The van der Waals surface area contributed by atoms with Crippen LogP contribution in [0.25, 0.3) is 0 Å². The van der Waals surface area contributed by atoms with Gasteiger partial charge in [0.25, 0.3) is 0 Å². The van der Waals surface area contributed by atoms with Crippen LogP contribution in [0.4, 0.5) is 5.69 Å². The van der Waals surface area contributed by atoms with Crippen molar-refractivity contribution in [2.75, 3.05) is 12.3 Å². The third-order valence-corrected chi connectivity index (χ3v) is 5.41. The maximum atomic E-state index is 12.9. The summed E-state index contributed by atoms with van der Waals surface area (Å²) in [7, 11) is -3.62. The van der Waals surface area contributed by atoms with Gasteiger partial charge in [-0.25, -0.2) is 8.42 Å². The summed E-state index contributed by atoms with van der Waals surface area (Å²) in [5, 5.41) is 9.46. The fourth-order valence-corrected chi connectivity index (χ4v) is 4.30. The second-order valence-electron chi connectivity index (χ2n) is 5.66. The highest BCUT2D eigenvalue weighted by molar-refractivity contribution is 7.89. The van der Waals surface area contributed by atoms with Crippen LogP contribution in [-0.4, -0.2) is 30.4 Å². The molecule has 0 amide bonds. The molecule has 0 atom stereocenters. The summed E-state index contributed by atoms with van der Waals surface area (Å²) in [4.78, 5) is 0.130. The van der Waals surface area contributed by atoms with Crippen LogP contribution in [0, 0.1) is 5.92 Å². The third kappa shape index (κ3) is 4.11. The monoisotopic (exact) mass is 314 g/mol. The maximum Gasteiger partial charge on any atom is 0.243 e. The lowest BCUT2D eigenvalue weighted by Crippen LogP contribution is -2.41. The Balaban J connectivity index is 3.28. The summed E-state index contributed by atoms with van der Waals surface area (Å²) in [6.07, 6.45) is 1.52. The minimum Gasteiger partial charge on any atom is -0.506 e. The van der Waals surface area contributed by atoms with E-state index in [1.807, 2.05) is 27.7 Å². The molecule has 3 N–H and O–H groups in total. The molecule has 0 heterocycles. The van der Waals surface area contributed by atoms with Crippen molar-refractivity contribution in [3.8, 4) is 5.75 Å². The average Bonchev–Trinajstić information content (AvgIpc) is 2.41. The molecule has 0 spiro atoms. The second-order valence-corrected chi connectivity index (χ2v) is 7.55. The van der Waals surface area contributed by atoms with Crippen molar-refractivity contribution < 1.29 is 13.5 Å². The Kier molecular flexibility index (Phi) is 6.04. The van der Waals surface area contributed by atoms with Crippen molar-refractivity contribution in [3.63, 3.8) is 0 Å². The molecule has 0 saturated heterocycles. The maximum absolute atomic E-state index is 12.9. The number of hydrogen-bond donors (Lipinski definition) is 2. The van der Waals surface area contributed by atoms with Gasteiger partial charge >= 0.3 is 0 Å². The summed E-state index contributed by atoms with van der Waals surface area (Å²) in [6, 6.07) is 4.01. The van der Waals surface area contributed by atoms with Gasteiger partial charge in [-0.1, -0.05) is 27.7 Å². The van der Waals surface area contributed by atoms with Gasteiger partial charge in [-0.3, -0.25) is 0 Å². The molecule has 0 aromatic heterocycles. The quantitative estimate of drug-likeness (QED) is 0.599. The van der Waals surface area contributed by atoms with E-state index in [0.29, 0.717) is 6.54 Å². The van der Waals surface area contributed by atoms with Gasteiger partial charge in [-0.2, -0.15) is 4.31 Å². The first-order valence-electron chi connectivity index (χ1n) is 7.34. The van der Waals surface area contributed by atoms with E-state index in [4.69, 9.17) is 5.73 Å². The van der Waals surface area contributed by atoms with Crippen LogP contribution in [0.2, 0.25) is 0 Å². The van der Waals surface area contributed by atoms with Gasteiger partial charge in [0.15, 0.2) is 0 Å². The molecule has 5 nitrogen and oxygen atoms in total. The van der Waals surface area contributed by atoms with E-state index in [1.54, 1.807) is 4.31 Å². The SMILES string of the molecule is CCC(CC)N(CC(C)C)S(=O)(=O)c1ccc(O)c(N)c1. The minimum atomic E-state index is -3.62. The number of benzene rings is 1. The molecule has 21 heavy (non-hydrogen) atoms. The van der Waals surface area contributed by atoms with Gasteiger partial charge in [0.05, 0.1) is 10.6 Å². The summed E-state index contributed by atoms with van der Waals surface area (Å²) < 4.78 is 27.3. The van der Waals surface area contributed by atoms with E-state index >= 15 is 0 Å². The second kappa shape index (κ2) is 7.13. The van der Waals surface area contributed by atoms with Crippen LogP contribution in [0.15, 0.2) is 23.1 Å². The number of nitrogens with zero attached hydrogens (tertiary/aromatic N) is 1. The minimum absolute atomic E-state index is 0.0348. The van der Waals surface area contributed by atoms with E-state index in [0.717, 1.165) is 12.8 Å².